The minimum atomic E-state index is 0. The van der Waals surface area contributed by atoms with Crippen LogP contribution in [0.4, 0.5) is 0 Å². The van der Waals surface area contributed by atoms with Gasteiger partial charge >= 0.3 is 0 Å². The average molecular weight is 474 g/mol. The molecule has 1 aliphatic rings. The topological polar surface area (TPSA) is 66.0 Å². The van der Waals surface area contributed by atoms with Gasteiger partial charge in [0, 0.05) is 44.2 Å². The molecule has 6 nitrogen and oxygen atoms in total. The van der Waals surface area contributed by atoms with Crippen molar-refractivity contribution in [3.05, 3.63) is 29.8 Å². The lowest BCUT2D eigenvalue weighted by atomic mass is 10.2. The number of guanidine groups is 1. The molecule has 2 rings (SSSR count). The summed E-state index contributed by atoms with van der Waals surface area (Å²) in [5, 5.41) is 6.75. The van der Waals surface area contributed by atoms with Crippen LogP contribution < -0.4 is 15.4 Å². The minimum Gasteiger partial charge on any atom is -0.494 e. The molecule has 2 N–H and O–H groups in total. The number of hydrogen-bond acceptors (Lipinski definition) is 3. The van der Waals surface area contributed by atoms with E-state index in [2.05, 4.69) is 15.6 Å². The largest absolute Gasteiger partial charge is 0.494 e. The Morgan fingerprint density at radius 3 is 2.77 bits per heavy atom. The smallest absolute Gasteiger partial charge is 0.225 e. The number of ether oxygens (including phenoxy) is 1. The minimum absolute atomic E-state index is 0. The Hall–Kier alpha value is -1.51. The van der Waals surface area contributed by atoms with Crippen molar-refractivity contribution in [1.29, 1.82) is 0 Å². The summed E-state index contributed by atoms with van der Waals surface area (Å²) < 4.78 is 5.65. The first kappa shape index (κ1) is 22.5. The molecule has 1 aromatic rings. The molecule has 1 saturated heterocycles. The number of nitrogens with one attached hydrogen (secondary N) is 2. The summed E-state index contributed by atoms with van der Waals surface area (Å²) in [6.07, 6.45) is 0.939. The van der Waals surface area contributed by atoms with Crippen LogP contribution in [-0.2, 0) is 11.3 Å². The number of carbonyl (C=O) groups excluding carboxylic acids is 1. The van der Waals surface area contributed by atoms with E-state index in [-0.39, 0.29) is 41.8 Å². The van der Waals surface area contributed by atoms with Crippen LogP contribution in [0.5, 0.6) is 5.75 Å². The van der Waals surface area contributed by atoms with Crippen molar-refractivity contribution in [1.82, 2.24) is 15.5 Å². The third-order valence-corrected chi connectivity index (χ3v) is 4.28. The Kier molecular flexibility index (Phi) is 9.75. The Labute approximate surface area is 173 Å². The standard InChI is InChI=1S/C19H30N4O2.HI/c1-5-25-17-9-7-6-8-15(17)12-21-19(20-4)22-16-10-11-23(13-16)18(24)14(2)3;/h6-9,14,16H,5,10-13H2,1-4H3,(H2,20,21,22);1H. The molecule has 0 saturated carbocycles. The number of para-hydroxylation sites is 1. The molecule has 1 aliphatic heterocycles. The second-order valence-corrected chi connectivity index (χ2v) is 6.54. The summed E-state index contributed by atoms with van der Waals surface area (Å²) in [5.74, 6) is 1.90. The molecule has 146 valence electrons. The van der Waals surface area contributed by atoms with Crippen molar-refractivity contribution in [3.8, 4) is 5.75 Å². The van der Waals surface area contributed by atoms with Crippen LogP contribution in [0, 0.1) is 5.92 Å². The molecule has 0 bridgehead atoms. The summed E-state index contributed by atoms with van der Waals surface area (Å²) in [6.45, 7) is 8.68. The van der Waals surface area contributed by atoms with Gasteiger partial charge in [-0.2, -0.15) is 0 Å². The molecule has 0 aromatic heterocycles. The van der Waals surface area contributed by atoms with Crippen LogP contribution in [0.25, 0.3) is 0 Å². The number of aliphatic imine (C=N–C) groups is 1. The van der Waals surface area contributed by atoms with E-state index in [4.69, 9.17) is 4.74 Å². The maximum absolute atomic E-state index is 12.1. The zero-order valence-corrected chi connectivity index (χ0v) is 18.4. The number of benzene rings is 1. The third-order valence-electron chi connectivity index (χ3n) is 4.28. The van der Waals surface area contributed by atoms with Crippen LogP contribution in [0.1, 0.15) is 32.8 Å². The van der Waals surface area contributed by atoms with E-state index in [1.54, 1.807) is 7.05 Å². The summed E-state index contributed by atoms with van der Waals surface area (Å²) in [7, 11) is 1.76. The zero-order valence-electron chi connectivity index (χ0n) is 16.1. The van der Waals surface area contributed by atoms with Gasteiger partial charge in [-0.1, -0.05) is 32.0 Å². The summed E-state index contributed by atoms with van der Waals surface area (Å²) in [5.41, 5.74) is 1.09. The summed E-state index contributed by atoms with van der Waals surface area (Å²) in [4.78, 5) is 18.3. The van der Waals surface area contributed by atoms with Crippen LogP contribution in [-0.4, -0.2) is 49.6 Å². The fourth-order valence-corrected chi connectivity index (χ4v) is 2.96. The highest BCUT2D eigenvalue weighted by Gasteiger charge is 2.27. The molecule has 0 radical (unpaired) electrons. The molecule has 7 heteroatoms. The molecule has 1 amide bonds. The maximum atomic E-state index is 12.1. The van der Waals surface area contributed by atoms with E-state index in [0.29, 0.717) is 13.2 Å². The number of halogens is 1. The Morgan fingerprint density at radius 1 is 1.38 bits per heavy atom. The van der Waals surface area contributed by atoms with Gasteiger partial charge in [-0.3, -0.25) is 9.79 Å². The third kappa shape index (κ3) is 6.34. The average Bonchev–Trinajstić information content (AvgIpc) is 3.07. The molecular formula is C19H31IN4O2. The molecule has 1 fully saturated rings. The molecule has 26 heavy (non-hydrogen) atoms. The van der Waals surface area contributed by atoms with Crippen LogP contribution >= 0.6 is 24.0 Å². The van der Waals surface area contributed by atoms with E-state index in [0.717, 1.165) is 36.8 Å². The lowest BCUT2D eigenvalue weighted by Crippen LogP contribution is -2.45. The molecule has 0 aliphatic carbocycles. The summed E-state index contributed by atoms with van der Waals surface area (Å²) >= 11 is 0. The summed E-state index contributed by atoms with van der Waals surface area (Å²) in [6, 6.07) is 8.23. The first-order chi connectivity index (χ1) is 12.0. The van der Waals surface area contributed by atoms with E-state index in [1.807, 2.05) is 49.9 Å². The van der Waals surface area contributed by atoms with Gasteiger partial charge in [0.05, 0.1) is 6.61 Å². The second kappa shape index (κ2) is 11.3. The predicted molar refractivity (Wildman–Crippen MR) is 116 cm³/mol. The quantitative estimate of drug-likeness (QED) is 0.378. The second-order valence-electron chi connectivity index (χ2n) is 6.54. The first-order valence-corrected chi connectivity index (χ1v) is 9.01. The SMILES string of the molecule is CCOc1ccccc1CNC(=NC)NC1CCN(C(=O)C(C)C)C1.I. The number of rotatable bonds is 6. The highest BCUT2D eigenvalue weighted by molar-refractivity contribution is 14.0. The van der Waals surface area contributed by atoms with Gasteiger partial charge < -0.3 is 20.3 Å². The van der Waals surface area contributed by atoms with Crippen molar-refractivity contribution in [2.45, 2.75) is 39.8 Å². The number of likely N-dealkylation sites (tertiary alicyclic amines) is 1. The van der Waals surface area contributed by atoms with Crippen molar-refractivity contribution >= 4 is 35.8 Å². The van der Waals surface area contributed by atoms with Crippen molar-refractivity contribution in [3.63, 3.8) is 0 Å². The molecule has 1 aromatic carbocycles. The van der Waals surface area contributed by atoms with E-state index in [9.17, 15) is 4.79 Å². The molecule has 1 atom stereocenters. The van der Waals surface area contributed by atoms with E-state index >= 15 is 0 Å². The van der Waals surface area contributed by atoms with Crippen LogP contribution in [0.3, 0.4) is 0 Å². The van der Waals surface area contributed by atoms with Crippen LogP contribution in [0.15, 0.2) is 29.3 Å². The monoisotopic (exact) mass is 474 g/mol. The van der Waals surface area contributed by atoms with Gasteiger partial charge in [-0.15, -0.1) is 24.0 Å². The first-order valence-electron chi connectivity index (χ1n) is 9.01. The number of carbonyl (C=O) groups is 1. The van der Waals surface area contributed by atoms with E-state index < -0.39 is 0 Å². The van der Waals surface area contributed by atoms with Gasteiger partial charge in [0.15, 0.2) is 5.96 Å². The van der Waals surface area contributed by atoms with Gasteiger partial charge in [0.2, 0.25) is 5.91 Å². The van der Waals surface area contributed by atoms with Crippen molar-refractivity contribution in [2.24, 2.45) is 10.9 Å². The Bertz CT molecular complexity index is 607. The van der Waals surface area contributed by atoms with E-state index in [1.165, 1.54) is 0 Å². The van der Waals surface area contributed by atoms with Crippen LogP contribution in [0.2, 0.25) is 0 Å². The number of hydrogen-bond donors (Lipinski definition) is 2. The number of nitrogens with zero attached hydrogens (tertiary/aromatic N) is 2. The predicted octanol–water partition coefficient (Wildman–Crippen LogP) is 2.63. The molecule has 1 heterocycles. The highest BCUT2D eigenvalue weighted by atomic mass is 127. The highest BCUT2D eigenvalue weighted by Crippen LogP contribution is 2.17. The van der Waals surface area contributed by atoms with Gasteiger partial charge in [-0.25, -0.2) is 0 Å². The fourth-order valence-electron chi connectivity index (χ4n) is 2.96. The maximum Gasteiger partial charge on any atom is 0.225 e. The Morgan fingerprint density at radius 2 is 2.12 bits per heavy atom. The zero-order chi connectivity index (χ0) is 18.2. The van der Waals surface area contributed by atoms with Gasteiger partial charge in [0.1, 0.15) is 5.75 Å². The fraction of sp³-hybridized carbons (Fsp3) is 0.579. The lowest BCUT2D eigenvalue weighted by Gasteiger charge is -2.20. The normalized spacial score (nSPS) is 17.0. The Balaban J connectivity index is 0.00000338. The molecule has 0 spiro atoms. The van der Waals surface area contributed by atoms with Gasteiger partial charge in [-0.05, 0) is 19.4 Å². The molecular weight excluding hydrogens is 443 g/mol. The van der Waals surface area contributed by atoms with Crippen molar-refractivity contribution < 1.29 is 9.53 Å². The molecule has 1 unspecified atom stereocenters. The van der Waals surface area contributed by atoms with Crippen molar-refractivity contribution in [2.75, 3.05) is 26.7 Å². The number of amides is 1. The van der Waals surface area contributed by atoms with Gasteiger partial charge in [0.25, 0.3) is 0 Å². The lowest BCUT2D eigenvalue weighted by molar-refractivity contribution is -0.133.